The Labute approximate surface area is 114 Å². The minimum atomic E-state index is -0.787. The van der Waals surface area contributed by atoms with Crippen LogP contribution in [0.25, 0.3) is 0 Å². The Morgan fingerprint density at radius 1 is 1.11 bits per heavy atom. The van der Waals surface area contributed by atoms with Crippen LogP contribution in [0.5, 0.6) is 0 Å². The van der Waals surface area contributed by atoms with Crippen molar-refractivity contribution in [1.29, 1.82) is 5.26 Å². The molecular weight excluding hydrogens is 270 g/mol. The summed E-state index contributed by atoms with van der Waals surface area (Å²) < 4.78 is 27.2. The molecule has 0 aromatic heterocycles. The lowest BCUT2D eigenvalue weighted by Crippen LogP contribution is -2.04. The lowest BCUT2D eigenvalue weighted by atomic mass is 10.2. The van der Waals surface area contributed by atoms with E-state index < -0.39 is 11.6 Å². The number of anilines is 1. The highest BCUT2D eigenvalue weighted by Crippen LogP contribution is 2.21. The van der Waals surface area contributed by atoms with E-state index >= 15 is 0 Å². The van der Waals surface area contributed by atoms with Crippen molar-refractivity contribution in [2.75, 3.05) is 5.32 Å². The lowest BCUT2D eigenvalue weighted by molar-refractivity contribution is 0.587. The van der Waals surface area contributed by atoms with Gasteiger partial charge in [-0.15, -0.1) is 0 Å². The van der Waals surface area contributed by atoms with Crippen LogP contribution in [-0.2, 0) is 6.54 Å². The van der Waals surface area contributed by atoms with E-state index in [1.165, 1.54) is 0 Å². The third kappa shape index (κ3) is 3.21. The van der Waals surface area contributed by atoms with Crippen molar-refractivity contribution in [2.24, 2.45) is 0 Å². The fraction of sp³-hybridized carbons (Fsp3) is 0.0714. The molecule has 0 saturated carbocycles. The Morgan fingerprint density at radius 3 is 2.21 bits per heavy atom. The molecule has 0 heterocycles. The minimum Gasteiger partial charge on any atom is -0.376 e. The van der Waals surface area contributed by atoms with E-state index in [1.807, 2.05) is 0 Å². The largest absolute Gasteiger partial charge is 0.376 e. The molecule has 0 aliphatic carbocycles. The van der Waals surface area contributed by atoms with E-state index in [-0.39, 0.29) is 17.8 Å². The summed E-state index contributed by atoms with van der Waals surface area (Å²) in [7, 11) is 0. The van der Waals surface area contributed by atoms with Gasteiger partial charge in [0.1, 0.15) is 5.69 Å². The molecule has 0 aliphatic rings. The first-order valence-corrected chi connectivity index (χ1v) is 5.85. The SMILES string of the molecule is N#Cc1cc(F)c(NCc2ccc(Cl)cc2)c(F)c1. The first kappa shape index (κ1) is 13.3. The Morgan fingerprint density at radius 2 is 1.68 bits per heavy atom. The van der Waals surface area contributed by atoms with Gasteiger partial charge in [-0.05, 0) is 29.8 Å². The molecule has 2 aromatic carbocycles. The van der Waals surface area contributed by atoms with Crippen LogP contribution in [0.4, 0.5) is 14.5 Å². The zero-order valence-electron chi connectivity index (χ0n) is 9.75. The van der Waals surface area contributed by atoms with E-state index in [9.17, 15) is 8.78 Å². The van der Waals surface area contributed by atoms with Crippen LogP contribution in [0.2, 0.25) is 5.02 Å². The van der Waals surface area contributed by atoms with Crippen molar-refractivity contribution in [1.82, 2.24) is 0 Å². The van der Waals surface area contributed by atoms with Crippen LogP contribution in [0.3, 0.4) is 0 Å². The molecule has 96 valence electrons. The molecule has 0 atom stereocenters. The third-order valence-corrected chi connectivity index (χ3v) is 2.81. The highest BCUT2D eigenvalue weighted by molar-refractivity contribution is 6.30. The molecule has 5 heteroatoms. The molecule has 0 fully saturated rings. The molecule has 0 saturated heterocycles. The zero-order chi connectivity index (χ0) is 13.8. The van der Waals surface area contributed by atoms with E-state index in [2.05, 4.69) is 5.32 Å². The summed E-state index contributed by atoms with van der Waals surface area (Å²) in [6.45, 7) is 0.261. The monoisotopic (exact) mass is 278 g/mol. The Hall–Kier alpha value is -2.12. The van der Waals surface area contributed by atoms with Gasteiger partial charge in [-0.25, -0.2) is 8.78 Å². The summed E-state index contributed by atoms with van der Waals surface area (Å²) in [5.41, 5.74) is 0.550. The highest BCUT2D eigenvalue weighted by atomic mass is 35.5. The molecular formula is C14H9ClF2N2. The van der Waals surface area contributed by atoms with Gasteiger partial charge in [-0.3, -0.25) is 0 Å². The summed E-state index contributed by atoms with van der Waals surface area (Å²) in [4.78, 5) is 0. The van der Waals surface area contributed by atoms with Gasteiger partial charge in [0, 0.05) is 11.6 Å². The second-order valence-corrected chi connectivity index (χ2v) is 4.34. The van der Waals surface area contributed by atoms with Crippen molar-refractivity contribution < 1.29 is 8.78 Å². The van der Waals surface area contributed by atoms with Crippen molar-refractivity contribution in [3.63, 3.8) is 0 Å². The quantitative estimate of drug-likeness (QED) is 0.917. The number of nitrogens with zero attached hydrogens (tertiary/aromatic N) is 1. The maximum absolute atomic E-state index is 13.6. The van der Waals surface area contributed by atoms with Gasteiger partial charge in [-0.1, -0.05) is 23.7 Å². The molecule has 2 rings (SSSR count). The third-order valence-electron chi connectivity index (χ3n) is 2.55. The van der Waals surface area contributed by atoms with E-state index in [4.69, 9.17) is 16.9 Å². The van der Waals surface area contributed by atoms with Crippen LogP contribution >= 0.6 is 11.6 Å². The van der Waals surface area contributed by atoms with Crippen molar-refractivity contribution in [3.8, 4) is 6.07 Å². The molecule has 0 unspecified atom stereocenters. The van der Waals surface area contributed by atoms with Gasteiger partial charge < -0.3 is 5.32 Å². The first-order valence-electron chi connectivity index (χ1n) is 5.47. The summed E-state index contributed by atoms with van der Waals surface area (Å²) in [6, 6.07) is 10.6. The predicted molar refractivity (Wildman–Crippen MR) is 69.9 cm³/mol. The van der Waals surface area contributed by atoms with Crippen LogP contribution in [0.1, 0.15) is 11.1 Å². The average molecular weight is 279 g/mol. The van der Waals surface area contributed by atoms with Gasteiger partial charge in [0.05, 0.1) is 11.6 Å². The molecule has 0 spiro atoms. The van der Waals surface area contributed by atoms with E-state index in [0.29, 0.717) is 5.02 Å². The number of rotatable bonds is 3. The fourth-order valence-corrected chi connectivity index (χ4v) is 1.73. The average Bonchev–Trinajstić information content (AvgIpc) is 2.39. The summed E-state index contributed by atoms with van der Waals surface area (Å²) >= 11 is 5.74. The normalized spacial score (nSPS) is 10.0. The molecule has 19 heavy (non-hydrogen) atoms. The lowest BCUT2D eigenvalue weighted by Gasteiger charge is -2.09. The van der Waals surface area contributed by atoms with Crippen molar-refractivity contribution in [2.45, 2.75) is 6.54 Å². The second-order valence-electron chi connectivity index (χ2n) is 3.91. The van der Waals surface area contributed by atoms with Gasteiger partial charge in [0.25, 0.3) is 0 Å². The Balaban J connectivity index is 2.16. The number of nitriles is 1. The molecule has 1 N–H and O–H groups in total. The fourth-order valence-electron chi connectivity index (χ4n) is 1.60. The van der Waals surface area contributed by atoms with Crippen molar-refractivity contribution in [3.05, 3.63) is 64.2 Å². The molecule has 2 nitrogen and oxygen atoms in total. The van der Waals surface area contributed by atoms with E-state index in [0.717, 1.165) is 17.7 Å². The summed E-state index contributed by atoms with van der Waals surface area (Å²) in [6.07, 6.45) is 0. The molecule has 2 aromatic rings. The molecule has 0 amide bonds. The molecule has 0 aliphatic heterocycles. The number of hydrogen-bond acceptors (Lipinski definition) is 2. The van der Waals surface area contributed by atoms with Crippen LogP contribution in [0, 0.1) is 23.0 Å². The summed E-state index contributed by atoms with van der Waals surface area (Å²) in [5, 5.41) is 11.9. The van der Waals surface area contributed by atoms with Gasteiger partial charge in [-0.2, -0.15) is 5.26 Å². The van der Waals surface area contributed by atoms with E-state index in [1.54, 1.807) is 30.3 Å². The second kappa shape index (κ2) is 5.68. The van der Waals surface area contributed by atoms with Gasteiger partial charge in [0.2, 0.25) is 0 Å². The number of halogens is 3. The smallest absolute Gasteiger partial charge is 0.150 e. The zero-order valence-corrected chi connectivity index (χ0v) is 10.5. The molecule has 0 bridgehead atoms. The predicted octanol–water partition coefficient (Wildman–Crippen LogP) is 4.10. The molecule has 0 radical (unpaired) electrons. The Bertz CT molecular complexity index is 610. The minimum absolute atomic E-state index is 0.0490. The first-order chi connectivity index (χ1) is 9.10. The van der Waals surface area contributed by atoms with Crippen LogP contribution in [0.15, 0.2) is 36.4 Å². The maximum Gasteiger partial charge on any atom is 0.150 e. The Kier molecular flexibility index (Phi) is 3.98. The van der Waals surface area contributed by atoms with Crippen LogP contribution < -0.4 is 5.32 Å². The number of nitrogens with one attached hydrogen (secondary N) is 1. The van der Waals surface area contributed by atoms with Gasteiger partial charge >= 0.3 is 0 Å². The number of benzene rings is 2. The number of hydrogen-bond donors (Lipinski definition) is 1. The van der Waals surface area contributed by atoms with Gasteiger partial charge in [0.15, 0.2) is 11.6 Å². The highest BCUT2D eigenvalue weighted by Gasteiger charge is 2.10. The van der Waals surface area contributed by atoms with Crippen molar-refractivity contribution >= 4 is 17.3 Å². The topological polar surface area (TPSA) is 35.8 Å². The van der Waals surface area contributed by atoms with Crippen LogP contribution in [-0.4, -0.2) is 0 Å². The standard InChI is InChI=1S/C14H9ClF2N2/c15-11-3-1-9(2-4-11)8-19-14-12(16)5-10(7-18)6-13(14)17/h1-6,19H,8H2. The summed E-state index contributed by atoms with van der Waals surface area (Å²) in [5.74, 6) is -1.57. The maximum atomic E-state index is 13.6.